The molecule has 15 heteroatoms. The third-order valence-electron chi connectivity index (χ3n) is 12.7. The average molecular weight is 769 g/mol. The number of halogens is 3. The summed E-state index contributed by atoms with van der Waals surface area (Å²) in [5, 5.41) is 10.7. The van der Waals surface area contributed by atoms with Crippen molar-refractivity contribution in [2.24, 2.45) is 13.0 Å². The Morgan fingerprint density at radius 3 is 2.38 bits per heavy atom. The van der Waals surface area contributed by atoms with E-state index in [1.807, 2.05) is 23.0 Å². The van der Waals surface area contributed by atoms with E-state index in [-0.39, 0.29) is 29.8 Å². The molecule has 2 N–H and O–H groups in total. The van der Waals surface area contributed by atoms with Crippen molar-refractivity contribution in [1.29, 1.82) is 0 Å². The summed E-state index contributed by atoms with van der Waals surface area (Å²) < 4.78 is 44.6. The SMILES string of the molecule is Cn1c(=O)n(C2CCC(=O)NC2=O)c2cccc(C3C[C@H]4CC[C@@H](C3)N4CC3CCC(n4cc5cc(NC(=O)c6cccc(C(F)(F)F)n6)ccc5n4)CC3)c21. The predicted octanol–water partition coefficient (Wildman–Crippen LogP) is 6.48. The Balaban J connectivity index is 0.828. The van der Waals surface area contributed by atoms with Gasteiger partial charge in [0.2, 0.25) is 11.8 Å². The number of rotatable bonds is 7. The number of alkyl halides is 3. The first-order valence-corrected chi connectivity index (χ1v) is 19.5. The molecular weight excluding hydrogens is 725 g/mol. The van der Waals surface area contributed by atoms with Crippen molar-refractivity contribution < 1.29 is 27.6 Å². The highest BCUT2D eigenvalue weighted by atomic mass is 19.4. The van der Waals surface area contributed by atoms with Crippen molar-refractivity contribution in [3.63, 3.8) is 0 Å². The number of fused-ring (bicyclic) bond motifs is 4. The van der Waals surface area contributed by atoms with E-state index >= 15 is 0 Å². The summed E-state index contributed by atoms with van der Waals surface area (Å²) in [4.78, 5) is 57.1. The predicted molar refractivity (Wildman–Crippen MR) is 202 cm³/mol. The number of nitrogens with one attached hydrogen (secondary N) is 2. The number of hydrogen-bond donors (Lipinski definition) is 2. The van der Waals surface area contributed by atoms with E-state index in [2.05, 4.69) is 26.6 Å². The van der Waals surface area contributed by atoms with Gasteiger partial charge in [-0.05, 0) is 112 Å². The van der Waals surface area contributed by atoms with Gasteiger partial charge in [-0.1, -0.05) is 18.2 Å². The minimum absolute atomic E-state index is 0.212. The van der Waals surface area contributed by atoms with Crippen LogP contribution in [0.3, 0.4) is 0 Å². The Labute approximate surface area is 320 Å². The van der Waals surface area contributed by atoms with Gasteiger partial charge in [0.15, 0.2) is 0 Å². The number of carbonyl (C=O) groups excluding carboxylic acids is 3. The quantitative estimate of drug-likeness (QED) is 0.181. The number of aromatic nitrogens is 5. The molecule has 3 aromatic heterocycles. The Morgan fingerprint density at radius 1 is 0.911 bits per heavy atom. The van der Waals surface area contributed by atoms with E-state index in [1.165, 1.54) is 30.5 Å². The lowest BCUT2D eigenvalue weighted by molar-refractivity contribution is -0.141. The second-order valence-electron chi connectivity index (χ2n) is 16.1. The summed E-state index contributed by atoms with van der Waals surface area (Å²) in [6.45, 7) is 1.08. The third kappa shape index (κ3) is 6.58. The largest absolute Gasteiger partial charge is 0.433 e. The molecule has 4 aliphatic rings. The molecule has 0 radical (unpaired) electrons. The molecule has 2 aromatic carbocycles. The first kappa shape index (κ1) is 36.3. The van der Waals surface area contributed by atoms with E-state index in [1.54, 1.807) is 34.4 Å². The molecule has 0 spiro atoms. The number of amides is 3. The van der Waals surface area contributed by atoms with Gasteiger partial charge in [-0.15, -0.1) is 0 Å². The van der Waals surface area contributed by atoms with Gasteiger partial charge in [-0.25, -0.2) is 9.78 Å². The fourth-order valence-corrected chi connectivity index (χ4v) is 9.97. The number of piperidine rings is 2. The fraction of sp³-hybridized carbons (Fsp3) is 0.463. The lowest BCUT2D eigenvalue weighted by atomic mass is 9.82. The fourth-order valence-electron chi connectivity index (χ4n) is 9.97. The van der Waals surface area contributed by atoms with Crippen molar-refractivity contribution in [3.8, 4) is 0 Å². The Bertz CT molecular complexity index is 2410. The second kappa shape index (κ2) is 14.0. The van der Waals surface area contributed by atoms with E-state index in [0.717, 1.165) is 73.1 Å². The minimum Gasteiger partial charge on any atom is -0.321 e. The standard InChI is InChI=1S/C41H43F3N8O4/c1-49-37-30(4-2-6-33(37)52(40(49)56)34-16-17-36(53)47-39(34)55)24-19-28-13-14-29(20-24)50(28)21-23-8-11-27(12-9-23)51-22-25-18-26(10-15-31(25)48-51)45-38(54)32-5-3-7-35(46-32)41(42,43)44/h2-7,10,15,18,22-24,27-29,34H,8-9,11-14,16-17,19-21H2,1H3,(H,45,54)(H,47,53,55)/t23?,24?,27?,28-,29+,34?. The van der Waals surface area contributed by atoms with Gasteiger partial charge in [0.25, 0.3) is 5.91 Å². The monoisotopic (exact) mass is 768 g/mol. The van der Waals surface area contributed by atoms with Crippen LogP contribution in [0.5, 0.6) is 0 Å². The normalized spacial score (nSPS) is 25.9. The molecule has 9 rings (SSSR count). The highest BCUT2D eigenvalue weighted by Gasteiger charge is 2.43. The molecule has 1 saturated carbocycles. The number of hydrogen-bond acceptors (Lipinski definition) is 7. The maximum Gasteiger partial charge on any atom is 0.433 e. The molecule has 56 heavy (non-hydrogen) atoms. The molecular formula is C41H43F3N8O4. The number of para-hydroxylation sites is 1. The molecule has 5 aromatic rings. The summed E-state index contributed by atoms with van der Waals surface area (Å²) in [6, 6.07) is 15.1. The maximum absolute atomic E-state index is 13.6. The first-order valence-electron chi connectivity index (χ1n) is 19.5. The summed E-state index contributed by atoms with van der Waals surface area (Å²) in [7, 11) is 1.78. The number of imidazole rings is 1. The van der Waals surface area contributed by atoms with Crippen LogP contribution >= 0.6 is 0 Å². The van der Waals surface area contributed by atoms with Gasteiger partial charge in [-0.2, -0.15) is 18.3 Å². The number of nitrogens with zero attached hydrogens (tertiary/aromatic N) is 6. The van der Waals surface area contributed by atoms with Crippen LogP contribution < -0.4 is 16.3 Å². The van der Waals surface area contributed by atoms with Crippen LogP contribution in [0.1, 0.15) is 104 Å². The van der Waals surface area contributed by atoms with Gasteiger partial charge < -0.3 is 5.32 Å². The van der Waals surface area contributed by atoms with Gasteiger partial charge in [-0.3, -0.25) is 38.4 Å². The molecule has 3 aliphatic heterocycles. The molecule has 4 atom stereocenters. The topological polar surface area (TPSA) is 136 Å². The van der Waals surface area contributed by atoms with Crippen molar-refractivity contribution >= 4 is 45.3 Å². The zero-order valence-corrected chi connectivity index (χ0v) is 31.0. The van der Waals surface area contributed by atoms with E-state index < -0.39 is 29.7 Å². The number of pyridine rings is 1. The smallest absolute Gasteiger partial charge is 0.321 e. The van der Waals surface area contributed by atoms with Gasteiger partial charge in [0, 0.05) is 49.4 Å². The molecule has 1 aliphatic carbocycles. The number of anilines is 1. The molecule has 292 valence electrons. The van der Waals surface area contributed by atoms with Crippen molar-refractivity contribution in [2.45, 2.75) is 100 Å². The Kier molecular flexibility index (Phi) is 9.09. The van der Waals surface area contributed by atoms with Crippen molar-refractivity contribution in [2.75, 3.05) is 11.9 Å². The zero-order chi connectivity index (χ0) is 38.9. The van der Waals surface area contributed by atoms with Crippen LogP contribution in [0.2, 0.25) is 0 Å². The van der Waals surface area contributed by atoms with Crippen LogP contribution in [-0.2, 0) is 22.8 Å². The molecule has 3 amide bonds. The zero-order valence-electron chi connectivity index (χ0n) is 31.0. The summed E-state index contributed by atoms with van der Waals surface area (Å²) in [5.74, 6) is -0.536. The number of imide groups is 1. The molecule has 4 fully saturated rings. The van der Waals surface area contributed by atoms with E-state index in [0.29, 0.717) is 36.0 Å². The molecule has 2 unspecified atom stereocenters. The highest BCUT2D eigenvalue weighted by molar-refractivity contribution is 6.04. The second-order valence-corrected chi connectivity index (χ2v) is 16.1. The van der Waals surface area contributed by atoms with Crippen LogP contribution in [0, 0.1) is 5.92 Å². The highest BCUT2D eigenvalue weighted by Crippen LogP contribution is 2.46. The van der Waals surface area contributed by atoms with Crippen LogP contribution in [0.15, 0.2) is 65.6 Å². The lowest BCUT2D eigenvalue weighted by Gasteiger charge is -2.42. The molecule has 2 bridgehead atoms. The van der Waals surface area contributed by atoms with Crippen LogP contribution in [0.25, 0.3) is 21.9 Å². The Morgan fingerprint density at radius 2 is 1.64 bits per heavy atom. The van der Waals surface area contributed by atoms with E-state index in [9.17, 15) is 32.3 Å². The van der Waals surface area contributed by atoms with Crippen molar-refractivity contribution in [3.05, 3.63) is 88.2 Å². The van der Waals surface area contributed by atoms with Crippen LogP contribution in [0.4, 0.5) is 18.9 Å². The van der Waals surface area contributed by atoms with Gasteiger partial charge >= 0.3 is 11.9 Å². The summed E-state index contributed by atoms with van der Waals surface area (Å²) in [6.07, 6.45) is 6.48. The lowest BCUT2D eigenvalue weighted by Crippen LogP contribution is -2.45. The number of carbonyl (C=O) groups is 3. The van der Waals surface area contributed by atoms with Crippen molar-refractivity contribution in [1.82, 2.24) is 34.1 Å². The minimum atomic E-state index is -4.64. The summed E-state index contributed by atoms with van der Waals surface area (Å²) >= 11 is 0. The number of benzene rings is 2. The average Bonchev–Trinajstić information content (AvgIpc) is 3.79. The molecule has 12 nitrogen and oxygen atoms in total. The van der Waals surface area contributed by atoms with E-state index in [4.69, 9.17) is 5.10 Å². The third-order valence-corrected chi connectivity index (χ3v) is 12.7. The molecule has 6 heterocycles. The van der Waals surface area contributed by atoms with Gasteiger partial charge in [0.05, 0.1) is 22.6 Å². The molecule has 3 saturated heterocycles. The summed E-state index contributed by atoms with van der Waals surface area (Å²) in [5.41, 5.74) is 2.38. The first-order chi connectivity index (χ1) is 26.9. The van der Waals surface area contributed by atoms with Crippen LogP contribution in [-0.4, -0.2) is 65.1 Å². The number of aryl methyl sites for hydroxylation is 1. The maximum atomic E-state index is 13.6. The van der Waals surface area contributed by atoms with Gasteiger partial charge in [0.1, 0.15) is 17.4 Å². The Hall–Kier alpha value is -5.31.